The van der Waals surface area contributed by atoms with Gasteiger partial charge in [0.15, 0.2) is 0 Å². The van der Waals surface area contributed by atoms with E-state index in [4.69, 9.17) is 11.6 Å². The zero-order chi connectivity index (χ0) is 8.27. The van der Waals surface area contributed by atoms with E-state index in [-0.39, 0.29) is 0 Å². The molecule has 0 unspecified atom stereocenters. The summed E-state index contributed by atoms with van der Waals surface area (Å²) in [5.41, 5.74) is 1.06. The lowest BCUT2D eigenvalue weighted by atomic mass is 10.2. The molecule has 3 heteroatoms. The Bertz CT molecular complexity index is 255. The summed E-state index contributed by atoms with van der Waals surface area (Å²) < 4.78 is 10.9. The molecule has 0 fully saturated rings. The van der Waals surface area contributed by atoms with Gasteiger partial charge >= 0.3 is 0 Å². The topological polar surface area (TPSA) is 17.1 Å². The van der Waals surface area contributed by atoms with E-state index in [1.54, 1.807) is 6.26 Å². The van der Waals surface area contributed by atoms with Gasteiger partial charge in [-0.15, -0.1) is 11.6 Å². The predicted octanol–water partition coefficient (Wildman–Crippen LogP) is 2.16. The highest BCUT2D eigenvalue weighted by Crippen LogP contribution is 2.08. The second-order valence-corrected chi connectivity index (χ2v) is 3.88. The summed E-state index contributed by atoms with van der Waals surface area (Å²) in [5, 5.41) is 0. The summed E-state index contributed by atoms with van der Waals surface area (Å²) in [6.07, 6.45) is 1.66. The third-order valence-electron chi connectivity index (χ3n) is 1.41. The molecule has 0 bridgehead atoms. The maximum Gasteiger partial charge on any atom is 0.0498 e. The van der Waals surface area contributed by atoms with E-state index in [2.05, 4.69) is 0 Å². The molecule has 0 aliphatic rings. The maximum atomic E-state index is 10.9. The Morgan fingerprint density at radius 2 is 1.91 bits per heavy atom. The lowest BCUT2D eigenvalue weighted by Gasteiger charge is -1.96. The Morgan fingerprint density at radius 3 is 2.27 bits per heavy atom. The van der Waals surface area contributed by atoms with Gasteiger partial charge in [0.25, 0.3) is 0 Å². The van der Waals surface area contributed by atoms with E-state index in [0.29, 0.717) is 5.88 Å². The van der Waals surface area contributed by atoms with Gasteiger partial charge in [0.1, 0.15) is 0 Å². The molecule has 0 saturated carbocycles. The standard InChI is InChI=1S/C8H9ClOS/c1-11(10)8-4-2-7(6-9)3-5-8/h2-5H,6H2,1H3/t11-/m0/s1. The van der Waals surface area contributed by atoms with Crippen molar-refractivity contribution >= 4 is 22.4 Å². The number of halogens is 1. The van der Waals surface area contributed by atoms with Gasteiger partial charge in [-0.25, -0.2) is 0 Å². The van der Waals surface area contributed by atoms with Crippen molar-refractivity contribution in [1.29, 1.82) is 0 Å². The summed E-state index contributed by atoms with van der Waals surface area (Å²) in [4.78, 5) is 0.846. The number of benzene rings is 1. The smallest absolute Gasteiger partial charge is 0.0498 e. The molecule has 60 valence electrons. The first-order chi connectivity index (χ1) is 5.24. The number of rotatable bonds is 2. The first-order valence-corrected chi connectivity index (χ1v) is 5.31. The van der Waals surface area contributed by atoms with Crippen LogP contribution in [0.25, 0.3) is 0 Å². The fourth-order valence-electron chi connectivity index (χ4n) is 0.770. The molecule has 0 spiro atoms. The minimum absolute atomic E-state index is 0.511. The highest BCUT2D eigenvalue weighted by atomic mass is 35.5. The molecule has 0 radical (unpaired) electrons. The SMILES string of the molecule is C[S@](=O)c1ccc(CCl)cc1. The Hall–Kier alpha value is -0.340. The number of hydrogen-bond donors (Lipinski definition) is 0. The summed E-state index contributed by atoms with van der Waals surface area (Å²) in [7, 11) is -0.882. The van der Waals surface area contributed by atoms with E-state index < -0.39 is 10.8 Å². The summed E-state index contributed by atoms with van der Waals surface area (Å²) in [5.74, 6) is 0.511. The van der Waals surface area contributed by atoms with E-state index >= 15 is 0 Å². The van der Waals surface area contributed by atoms with Gasteiger partial charge in [-0.05, 0) is 17.7 Å². The van der Waals surface area contributed by atoms with Crippen LogP contribution >= 0.6 is 11.6 Å². The van der Waals surface area contributed by atoms with Gasteiger partial charge in [0.2, 0.25) is 0 Å². The molecule has 0 heterocycles. The van der Waals surface area contributed by atoms with Gasteiger partial charge in [-0.2, -0.15) is 0 Å². The first-order valence-electron chi connectivity index (χ1n) is 3.22. The monoisotopic (exact) mass is 188 g/mol. The van der Waals surface area contributed by atoms with Crippen LogP contribution in [0.15, 0.2) is 29.2 Å². The van der Waals surface area contributed by atoms with Crippen LogP contribution in [0, 0.1) is 0 Å². The quantitative estimate of drug-likeness (QED) is 0.651. The molecule has 11 heavy (non-hydrogen) atoms. The zero-order valence-corrected chi connectivity index (χ0v) is 7.78. The molecule has 0 aliphatic carbocycles. The number of hydrogen-bond acceptors (Lipinski definition) is 1. The lowest BCUT2D eigenvalue weighted by Crippen LogP contribution is -1.86. The van der Waals surface area contributed by atoms with Crippen molar-refractivity contribution in [3.63, 3.8) is 0 Å². The third kappa shape index (κ3) is 2.31. The average molecular weight is 189 g/mol. The van der Waals surface area contributed by atoms with Crippen molar-refractivity contribution < 1.29 is 4.21 Å². The van der Waals surface area contributed by atoms with Crippen LogP contribution in [0.4, 0.5) is 0 Å². The van der Waals surface area contributed by atoms with Gasteiger partial charge in [0.05, 0.1) is 0 Å². The van der Waals surface area contributed by atoms with Crippen molar-refractivity contribution in [2.24, 2.45) is 0 Å². The van der Waals surface area contributed by atoms with Gasteiger partial charge in [-0.1, -0.05) is 12.1 Å². The molecule has 0 amide bonds. The van der Waals surface area contributed by atoms with Crippen LogP contribution in [0.1, 0.15) is 5.56 Å². The van der Waals surface area contributed by atoms with Crippen LogP contribution in [0.3, 0.4) is 0 Å². The lowest BCUT2D eigenvalue weighted by molar-refractivity contribution is 0.687. The van der Waals surface area contributed by atoms with Crippen LogP contribution in [-0.2, 0) is 16.7 Å². The Morgan fingerprint density at radius 1 is 1.36 bits per heavy atom. The minimum Gasteiger partial charge on any atom is -0.255 e. The highest BCUT2D eigenvalue weighted by molar-refractivity contribution is 7.84. The Labute approximate surface area is 73.8 Å². The maximum absolute atomic E-state index is 10.9. The molecule has 1 aromatic rings. The molecule has 1 nitrogen and oxygen atoms in total. The molecule has 0 saturated heterocycles. The molecule has 1 aromatic carbocycles. The van der Waals surface area contributed by atoms with Crippen LogP contribution in [0.2, 0.25) is 0 Å². The predicted molar refractivity (Wildman–Crippen MR) is 48.3 cm³/mol. The molecule has 1 rings (SSSR count). The van der Waals surface area contributed by atoms with Crippen molar-refractivity contribution in [2.75, 3.05) is 6.26 Å². The Balaban J connectivity index is 2.91. The van der Waals surface area contributed by atoms with Crippen molar-refractivity contribution in [3.8, 4) is 0 Å². The second-order valence-electron chi connectivity index (χ2n) is 2.23. The van der Waals surface area contributed by atoms with E-state index in [1.807, 2.05) is 24.3 Å². The highest BCUT2D eigenvalue weighted by Gasteiger charge is 1.95. The molecule has 0 aromatic heterocycles. The van der Waals surface area contributed by atoms with Crippen LogP contribution in [0.5, 0.6) is 0 Å². The fraction of sp³-hybridized carbons (Fsp3) is 0.250. The van der Waals surface area contributed by atoms with Crippen molar-refractivity contribution in [2.45, 2.75) is 10.8 Å². The third-order valence-corrected chi connectivity index (χ3v) is 2.65. The van der Waals surface area contributed by atoms with Gasteiger partial charge in [0, 0.05) is 27.8 Å². The van der Waals surface area contributed by atoms with E-state index in [9.17, 15) is 4.21 Å². The molecule has 0 N–H and O–H groups in total. The van der Waals surface area contributed by atoms with E-state index in [0.717, 1.165) is 10.5 Å². The summed E-state index contributed by atoms with van der Waals surface area (Å²) >= 11 is 5.58. The molecular formula is C8H9ClOS. The Kier molecular flexibility index (Phi) is 3.09. The van der Waals surface area contributed by atoms with Crippen molar-refractivity contribution in [1.82, 2.24) is 0 Å². The largest absolute Gasteiger partial charge is 0.255 e. The van der Waals surface area contributed by atoms with Crippen molar-refractivity contribution in [3.05, 3.63) is 29.8 Å². The van der Waals surface area contributed by atoms with Crippen LogP contribution < -0.4 is 0 Å². The number of alkyl halides is 1. The zero-order valence-electron chi connectivity index (χ0n) is 6.21. The van der Waals surface area contributed by atoms with Gasteiger partial charge in [-0.3, -0.25) is 4.21 Å². The average Bonchev–Trinajstić information content (AvgIpc) is 2.05. The second kappa shape index (κ2) is 3.88. The first kappa shape index (κ1) is 8.75. The molecular weight excluding hydrogens is 180 g/mol. The summed E-state index contributed by atoms with van der Waals surface area (Å²) in [6.45, 7) is 0. The summed E-state index contributed by atoms with van der Waals surface area (Å²) in [6, 6.07) is 7.47. The minimum atomic E-state index is -0.882. The molecule has 1 atom stereocenters. The van der Waals surface area contributed by atoms with Crippen LogP contribution in [-0.4, -0.2) is 10.5 Å². The fourth-order valence-corrected chi connectivity index (χ4v) is 1.47. The van der Waals surface area contributed by atoms with Gasteiger partial charge < -0.3 is 0 Å². The normalized spacial score (nSPS) is 12.9. The molecule has 0 aliphatic heterocycles. The van der Waals surface area contributed by atoms with E-state index in [1.165, 1.54) is 0 Å².